The number of amides is 1. The summed E-state index contributed by atoms with van der Waals surface area (Å²) in [6, 6.07) is 3.17. The summed E-state index contributed by atoms with van der Waals surface area (Å²) in [6.45, 7) is 3.80. The van der Waals surface area contributed by atoms with E-state index in [4.69, 9.17) is 25.8 Å². The van der Waals surface area contributed by atoms with Gasteiger partial charge in [-0.1, -0.05) is 11.6 Å². The molecule has 3 rings (SSSR count). The van der Waals surface area contributed by atoms with Crippen LogP contribution in [0, 0.1) is 0 Å². The highest BCUT2D eigenvalue weighted by atomic mass is 35.5. The van der Waals surface area contributed by atoms with Crippen molar-refractivity contribution in [1.82, 2.24) is 9.80 Å². The van der Waals surface area contributed by atoms with Crippen molar-refractivity contribution in [2.45, 2.75) is 6.10 Å². The molecular formula is C16H21ClN2O5. The van der Waals surface area contributed by atoms with Gasteiger partial charge in [0.05, 0.1) is 24.3 Å². The molecule has 0 aromatic heterocycles. The van der Waals surface area contributed by atoms with Crippen LogP contribution in [-0.4, -0.2) is 80.2 Å². The molecule has 0 saturated carbocycles. The molecule has 8 heteroatoms. The minimum absolute atomic E-state index is 0.0980. The van der Waals surface area contributed by atoms with Gasteiger partial charge in [0.1, 0.15) is 0 Å². The number of benzene rings is 1. The van der Waals surface area contributed by atoms with Gasteiger partial charge in [-0.05, 0) is 12.1 Å². The van der Waals surface area contributed by atoms with Gasteiger partial charge in [-0.3, -0.25) is 9.69 Å². The standard InChI is InChI=1S/C16H21ClN2O5/c1-18(8-12(20)9-19-2-4-22-5-3-19)16(21)11-6-13(17)15-14(7-11)23-10-24-15/h6-7,12,20H,2-5,8-10H2,1H3/t12-/m0/s1. The second kappa shape index (κ2) is 7.57. The monoisotopic (exact) mass is 356 g/mol. The Labute approximate surface area is 145 Å². The van der Waals surface area contributed by atoms with Crippen molar-refractivity contribution in [3.05, 3.63) is 22.7 Å². The number of morpholine rings is 1. The number of likely N-dealkylation sites (N-methyl/N-ethyl adjacent to an activating group) is 1. The molecule has 2 heterocycles. The van der Waals surface area contributed by atoms with E-state index < -0.39 is 6.10 Å². The second-order valence-corrected chi connectivity index (χ2v) is 6.35. The minimum atomic E-state index is -0.624. The maximum Gasteiger partial charge on any atom is 0.253 e. The summed E-state index contributed by atoms with van der Waals surface area (Å²) in [5.74, 6) is 0.701. The maximum absolute atomic E-state index is 12.6. The SMILES string of the molecule is CN(C[C@H](O)CN1CCOCC1)C(=O)c1cc(Cl)c2c(c1)OCO2. The number of carbonyl (C=O) groups is 1. The van der Waals surface area contributed by atoms with Gasteiger partial charge in [0.2, 0.25) is 6.79 Å². The number of carbonyl (C=O) groups excluding carboxylic acids is 1. The number of aliphatic hydroxyl groups excluding tert-OH is 1. The fraction of sp³-hybridized carbons (Fsp3) is 0.562. The molecule has 1 saturated heterocycles. The third-order valence-electron chi connectivity index (χ3n) is 4.08. The molecule has 0 radical (unpaired) electrons. The van der Waals surface area contributed by atoms with Gasteiger partial charge < -0.3 is 24.2 Å². The Morgan fingerprint density at radius 2 is 2.12 bits per heavy atom. The lowest BCUT2D eigenvalue weighted by molar-refractivity contribution is 0.00879. The van der Waals surface area contributed by atoms with Gasteiger partial charge in [-0.15, -0.1) is 0 Å². The Kier molecular flexibility index (Phi) is 5.45. The van der Waals surface area contributed by atoms with E-state index in [0.717, 1.165) is 13.1 Å². The summed E-state index contributed by atoms with van der Waals surface area (Å²) in [5.41, 5.74) is 0.408. The van der Waals surface area contributed by atoms with Gasteiger partial charge in [-0.2, -0.15) is 0 Å². The molecule has 1 aromatic carbocycles. The van der Waals surface area contributed by atoms with E-state index in [1.807, 2.05) is 0 Å². The highest BCUT2D eigenvalue weighted by Crippen LogP contribution is 2.39. The number of hydrogen-bond acceptors (Lipinski definition) is 6. The number of halogens is 1. The van der Waals surface area contributed by atoms with Crippen molar-refractivity contribution in [3.63, 3.8) is 0 Å². The smallest absolute Gasteiger partial charge is 0.253 e. The summed E-state index contributed by atoms with van der Waals surface area (Å²) < 4.78 is 15.8. The molecule has 1 N–H and O–H groups in total. The molecule has 132 valence electrons. The van der Waals surface area contributed by atoms with Crippen LogP contribution in [0.5, 0.6) is 11.5 Å². The minimum Gasteiger partial charge on any atom is -0.454 e. The van der Waals surface area contributed by atoms with Crippen LogP contribution in [0.25, 0.3) is 0 Å². The zero-order chi connectivity index (χ0) is 17.1. The van der Waals surface area contributed by atoms with E-state index in [1.54, 1.807) is 19.2 Å². The fourth-order valence-electron chi connectivity index (χ4n) is 2.85. The molecule has 24 heavy (non-hydrogen) atoms. The molecular weight excluding hydrogens is 336 g/mol. The number of fused-ring (bicyclic) bond motifs is 1. The first-order chi connectivity index (χ1) is 11.5. The number of aliphatic hydroxyl groups is 1. The molecule has 1 aromatic rings. The Morgan fingerprint density at radius 3 is 2.88 bits per heavy atom. The normalized spacial score (nSPS) is 18.5. The average Bonchev–Trinajstić information content (AvgIpc) is 3.04. The predicted octanol–water partition coefficient (Wildman–Crippen LogP) is 0.834. The van der Waals surface area contributed by atoms with Crippen LogP contribution in [0.15, 0.2) is 12.1 Å². The summed E-state index contributed by atoms with van der Waals surface area (Å²) in [7, 11) is 1.66. The van der Waals surface area contributed by atoms with E-state index in [2.05, 4.69) is 4.90 Å². The lowest BCUT2D eigenvalue weighted by Crippen LogP contribution is -2.45. The van der Waals surface area contributed by atoms with Gasteiger partial charge in [0.25, 0.3) is 5.91 Å². The van der Waals surface area contributed by atoms with Gasteiger partial charge in [0.15, 0.2) is 11.5 Å². The van der Waals surface area contributed by atoms with Crippen molar-refractivity contribution < 1.29 is 24.1 Å². The van der Waals surface area contributed by atoms with E-state index in [0.29, 0.717) is 41.8 Å². The van der Waals surface area contributed by atoms with Crippen molar-refractivity contribution >= 4 is 17.5 Å². The molecule has 0 aliphatic carbocycles. The Balaban J connectivity index is 1.59. The van der Waals surface area contributed by atoms with Crippen molar-refractivity contribution in [3.8, 4) is 11.5 Å². The molecule has 7 nitrogen and oxygen atoms in total. The van der Waals surface area contributed by atoms with Crippen LogP contribution in [-0.2, 0) is 4.74 Å². The number of hydrogen-bond donors (Lipinski definition) is 1. The van der Waals surface area contributed by atoms with Crippen LogP contribution < -0.4 is 9.47 Å². The van der Waals surface area contributed by atoms with E-state index in [-0.39, 0.29) is 19.2 Å². The highest BCUT2D eigenvalue weighted by Gasteiger charge is 2.23. The van der Waals surface area contributed by atoms with E-state index >= 15 is 0 Å². The van der Waals surface area contributed by atoms with Crippen molar-refractivity contribution in [1.29, 1.82) is 0 Å². The quantitative estimate of drug-likeness (QED) is 0.842. The molecule has 2 aliphatic heterocycles. The molecule has 1 atom stereocenters. The molecule has 1 fully saturated rings. The zero-order valence-electron chi connectivity index (χ0n) is 13.5. The number of β-amino-alcohol motifs (C(OH)–C–C–N with tert-alkyl or cyclic N) is 1. The van der Waals surface area contributed by atoms with Crippen LogP contribution in [0.1, 0.15) is 10.4 Å². The largest absolute Gasteiger partial charge is 0.454 e. The fourth-order valence-corrected chi connectivity index (χ4v) is 3.12. The van der Waals surface area contributed by atoms with Crippen LogP contribution in [0.3, 0.4) is 0 Å². The lowest BCUT2D eigenvalue weighted by Gasteiger charge is -2.30. The number of nitrogens with zero attached hydrogens (tertiary/aromatic N) is 2. The first-order valence-corrected chi connectivity index (χ1v) is 8.25. The Morgan fingerprint density at radius 1 is 1.38 bits per heavy atom. The first kappa shape index (κ1) is 17.3. The summed E-state index contributed by atoms with van der Waals surface area (Å²) in [5, 5.41) is 10.6. The van der Waals surface area contributed by atoms with Crippen molar-refractivity contribution in [2.24, 2.45) is 0 Å². The first-order valence-electron chi connectivity index (χ1n) is 7.87. The highest BCUT2D eigenvalue weighted by molar-refractivity contribution is 6.32. The molecule has 0 unspecified atom stereocenters. The van der Waals surface area contributed by atoms with Crippen LogP contribution in [0.2, 0.25) is 5.02 Å². The predicted molar refractivity (Wildman–Crippen MR) is 87.8 cm³/mol. The summed E-state index contributed by atoms with van der Waals surface area (Å²) in [6.07, 6.45) is -0.624. The van der Waals surface area contributed by atoms with E-state index in [1.165, 1.54) is 4.90 Å². The zero-order valence-corrected chi connectivity index (χ0v) is 14.3. The molecule has 0 bridgehead atoms. The third kappa shape index (κ3) is 3.92. The second-order valence-electron chi connectivity index (χ2n) is 5.94. The van der Waals surface area contributed by atoms with Crippen LogP contribution in [0.4, 0.5) is 0 Å². The van der Waals surface area contributed by atoms with E-state index in [9.17, 15) is 9.90 Å². The third-order valence-corrected chi connectivity index (χ3v) is 4.36. The van der Waals surface area contributed by atoms with Gasteiger partial charge >= 0.3 is 0 Å². The number of rotatable bonds is 5. The van der Waals surface area contributed by atoms with Crippen molar-refractivity contribution in [2.75, 3.05) is 53.2 Å². The Bertz CT molecular complexity index is 606. The summed E-state index contributed by atoms with van der Waals surface area (Å²) >= 11 is 6.11. The van der Waals surface area contributed by atoms with Gasteiger partial charge in [-0.25, -0.2) is 0 Å². The average molecular weight is 357 g/mol. The summed E-state index contributed by atoms with van der Waals surface area (Å²) in [4.78, 5) is 16.2. The lowest BCUT2D eigenvalue weighted by atomic mass is 10.1. The Hall–Kier alpha value is -1.54. The van der Waals surface area contributed by atoms with Crippen LogP contribution >= 0.6 is 11.6 Å². The number of ether oxygens (including phenoxy) is 3. The topological polar surface area (TPSA) is 71.5 Å². The molecule has 1 amide bonds. The molecule has 2 aliphatic rings. The molecule has 0 spiro atoms. The maximum atomic E-state index is 12.6. The van der Waals surface area contributed by atoms with Gasteiger partial charge in [0, 0.05) is 38.8 Å².